The molecule has 7 rings (SSSR count). The zero-order valence-electron chi connectivity index (χ0n) is 38.1. The maximum absolute atomic E-state index is 13.9. The van der Waals surface area contributed by atoms with Crippen LogP contribution < -0.4 is 20.9 Å². The molecule has 2 N–H and O–H groups in total. The van der Waals surface area contributed by atoms with E-state index in [0.717, 1.165) is 27.8 Å². The summed E-state index contributed by atoms with van der Waals surface area (Å²) < 4.78 is 18.6. The van der Waals surface area contributed by atoms with E-state index in [4.69, 9.17) is 35.8 Å². The first-order valence-corrected chi connectivity index (χ1v) is 22.1. The van der Waals surface area contributed by atoms with Crippen molar-refractivity contribution in [2.45, 2.75) is 111 Å². The summed E-state index contributed by atoms with van der Waals surface area (Å²) in [5, 5.41) is 6.28. The predicted molar refractivity (Wildman–Crippen MR) is 247 cm³/mol. The van der Waals surface area contributed by atoms with Crippen LogP contribution in [0.2, 0.25) is 5.02 Å². The van der Waals surface area contributed by atoms with Crippen LogP contribution >= 0.6 is 11.6 Å². The molecular weight excluding hydrogens is 850 g/mol. The van der Waals surface area contributed by atoms with Gasteiger partial charge in [0.25, 0.3) is 5.56 Å². The van der Waals surface area contributed by atoms with Crippen LogP contribution in [0.25, 0.3) is 39.0 Å². The summed E-state index contributed by atoms with van der Waals surface area (Å²) in [7, 11) is 1.49. The number of carbonyl (C=O) groups excluding carboxylic acids is 4. The molecule has 5 heterocycles. The van der Waals surface area contributed by atoms with Crippen molar-refractivity contribution in [3.8, 4) is 39.4 Å². The van der Waals surface area contributed by atoms with Crippen molar-refractivity contribution in [2.75, 3.05) is 20.2 Å². The number of methoxy groups -OCH3 is 1. The number of aromatic nitrogens is 3. The fraction of sp³-hybridized carbons (Fsp3) is 0.408. The van der Waals surface area contributed by atoms with E-state index in [1.807, 2.05) is 61.5 Å². The van der Waals surface area contributed by atoms with Crippen LogP contribution in [0, 0.1) is 6.92 Å². The molecule has 0 unspecified atom stereocenters. The first-order valence-electron chi connectivity index (χ1n) is 21.7. The van der Waals surface area contributed by atoms with Crippen LogP contribution in [0.4, 0.5) is 9.59 Å². The number of nitrogens with zero attached hydrogens (tertiary/aromatic N) is 5. The zero-order chi connectivity index (χ0) is 46.8. The summed E-state index contributed by atoms with van der Waals surface area (Å²) in [6.45, 7) is 13.3. The summed E-state index contributed by atoms with van der Waals surface area (Å²) >= 11 is 7.23. The van der Waals surface area contributed by atoms with E-state index in [9.17, 15) is 24.0 Å². The topological polar surface area (TPSA) is 174 Å². The molecular formula is C49H56ClN7O8. The molecule has 0 aliphatic carbocycles. The average Bonchev–Trinajstić information content (AvgIpc) is 3.86. The van der Waals surface area contributed by atoms with Gasteiger partial charge in [-0.25, -0.2) is 14.6 Å². The normalized spacial score (nSPS) is 16.3. The third-order valence-electron chi connectivity index (χ3n) is 11.2. The van der Waals surface area contributed by atoms with Gasteiger partial charge in [-0.05, 0) is 108 Å². The second kappa shape index (κ2) is 18.9. The Morgan fingerprint density at radius 2 is 1.35 bits per heavy atom. The molecule has 3 aromatic heterocycles. The van der Waals surface area contributed by atoms with Crippen molar-refractivity contribution < 1.29 is 33.4 Å². The third kappa shape index (κ3) is 11.1. The molecule has 5 aromatic rings. The smallest absolute Gasteiger partial charge is 0.410 e. The van der Waals surface area contributed by atoms with Gasteiger partial charge < -0.3 is 34.6 Å². The van der Waals surface area contributed by atoms with Crippen molar-refractivity contribution in [3.05, 3.63) is 105 Å². The number of nitrogens with one attached hydrogen (secondary N) is 2. The molecule has 4 amide bonds. The lowest BCUT2D eigenvalue weighted by atomic mass is 9.92. The maximum atomic E-state index is 13.9. The summed E-state index contributed by atoms with van der Waals surface area (Å²) in [4.78, 5) is 76.9. The Hall–Kier alpha value is -6.48. The second-order valence-corrected chi connectivity index (χ2v) is 18.9. The number of amides is 4. The Morgan fingerprint density at radius 1 is 0.785 bits per heavy atom. The third-order valence-corrected chi connectivity index (χ3v) is 11.6. The molecule has 0 saturated carbocycles. The number of hydrogen-bond donors (Lipinski definition) is 2. The molecule has 2 aromatic carbocycles. The van der Waals surface area contributed by atoms with Gasteiger partial charge in [0, 0.05) is 66.4 Å². The van der Waals surface area contributed by atoms with E-state index in [-0.39, 0.29) is 61.5 Å². The molecule has 2 aliphatic rings. The van der Waals surface area contributed by atoms with Gasteiger partial charge in [-0.2, -0.15) is 0 Å². The number of ether oxygens (including phenoxy) is 3. The Bertz CT molecular complexity index is 2710. The standard InChI is InChI=1S/C49H56ClN7O8/c1-29-35(30-21-22-57-34(23-30)18-15-31(45(57)60)25-55(46(61)64-48(2,3)4)26-32-16-19-41(58)52-32)11-9-12-36(29)37-13-10-14-38(43(37)50)39-24-51-40(44(54-39)63-8)28-56(47(62)65-49(5,6)7)27-33-17-20-42(59)53-33/h9-15,18,21-24,32-33H,16-17,19-20,25-28H2,1-8H3,(H,52,58)(H,53,59)/t32-,33-/m0/s1. The van der Waals surface area contributed by atoms with E-state index in [2.05, 4.69) is 10.6 Å². The Labute approximate surface area is 383 Å². The summed E-state index contributed by atoms with van der Waals surface area (Å²) in [6.07, 6.45) is 4.22. The quantitative estimate of drug-likeness (QED) is 0.125. The maximum Gasteiger partial charge on any atom is 0.410 e. The summed E-state index contributed by atoms with van der Waals surface area (Å²) in [5.41, 5.74) is 5.31. The van der Waals surface area contributed by atoms with E-state index in [1.54, 1.807) is 64.4 Å². The fourth-order valence-corrected chi connectivity index (χ4v) is 8.44. The minimum atomic E-state index is -0.740. The molecule has 16 heteroatoms. The molecule has 2 fully saturated rings. The first kappa shape index (κ1) is 46.5. The van der Waals surface area contributed by atoms with Gasteiger partial charge in [0.05, 0.1) is 37.1 Å². The Morgan fingerprint density at radius 3 is 1.92 bits per heavy atom. The molecule has 65 heavy (non-hydrogen) atoms. The minimum Gasteiger partial charge on any atom is -0.480 e. The Balaban J connectivity index is 1.14. The fourth-order valence-electron chi connectivity index (χ4n) is 8.12. The molecule has 2 aliphatic heterocycles. The lowest BCUT2D eigenvalue weighted by Gasteiger charge is -2.29. The van der Waals surface area contributed by atoms with Gasteiger partial charge in [-0.3, -0.25) is 23.8 Å². The summed E-state index contributed by atoms with van der Waals surface area (Å²) in [6, 6.07) is 18.7. The van der Waals surface area contributed by atoms with Gasteiger partial charge in [0.15, 0.2) is 0 Å². The monoisotopic (exact) mass is 905 g/mol. The van der Waals surface area contributed by atoms with Crippen LogP contribution in [-0.4, -0.2) is 91.7 Å². The highest BCUT2D eigenvalue weighted by atomic mass is 35.5. The van der Waals surface area contributed by atoms with E-state index < -0.39 is 23.4 Å². The number of carbonyl (C=O) groups is 4. The molecule has 342 valence electrons. The van der Waals surface area contributed by atoms with E-state index >= 15 is 0 Å². The molecule has 0 bridgehead atoms. The SMILES string of the molecule is COc1nc(-c2cccc(-c3cccc(-c4ccn5c(=O)c(CN(C[C@@H]6CCC(=O)N6)C(=O)OC(C)(C)C)ccc5c4)c3C)c2Cl)cnc1CN(C[C@@H]1CCC(=O)N1)C(=O)OC(C)(C)C. The highest BCUT2D eigenvalue weighted by molar-refractivity contribution is 6.36. The average molecular weight is 906 g/mol. The van der Waals surface area contributed by atoms with Crippen molar-refractivity contribution >= 4 is 41.1 Å². The minimum absolute atomic E-state index is 0.0172. The number of fused-ring (bicyclic) bond motifs is 1. The van der Waals surface area contributed by atoms with Crippen LogP contribution in [0.15, 0.2) is 77.9 Å². The number of pyridine rings is 2. The highest BCUT2D eigenvalue weighted by Crippen LogP contribution is 2.40. The van der Waals surface area contributed by atoms with E-state index in [0.29, 0.717) is 58.7 Å². The first-order chi connectivity index (χ1) is 30.8. The predicted octanol–water partition coefficient (Wildman–Crippen LogP) is 8.09. The van der Waals surface area contributed by atoms with E-state index in [1.165, 1.54) is 16.9 Å². The number of rotatable bonds is 12. The zero-order valence-corrected chi connectivity index (χ0v) is 38.9. The molecule has 2 saturated heterocycles. The van der Waals surface area contributed by atoms with Crippen molar-refractivity contribution in [1.82, 2.24) is 34.8 Å². The van der Waals surface area contributed by atoms with Gasteiger partial charge in [0.1, 0.15) is 16.9 Å². The lowest BCUT2D eigenvalue weighted by molar-refractivity contribution is -0.120. The van der Waals surface area contributed by atoms with Crippen molar-refractivity contribution in [1.29, 1.82) is 0 Å². The number of benzene rings is 2. The van der Waals surface area contributed by atoms with Crippen LogP contribution in [0.1, 0.15) is 84.0 Å². The molecule has 15 nitrogen and oxygen atoms in total. The van der Waals surface area contributed by atoms with Crippen molar-refractivity contribution in [3.63, 3.8) is 0 Å². The van der Waals surface area contributed by atoms with Crippen LogP contribution in [-0.2, 0) is 32.2 Å². The Kier molecular flexibility index (Phi) is 13.5. The van der Waals surface area contributed by atoms with Crippen molar-refractivity contribution in [2.24, 2.45) is 0 Å². The van der Waals surface area contributed by atoms with Crippen LogP contribution in [0.3, 0.4) is 0 Å². The lowest BCUT2D eigenvalue weighted by Crippen LogP contribution is -2.44. The second-order valence-electron chi connectivity index (χ2n) is 18.6. The molecule has 0 radical (unpaired) electrons. The number of halogens is 1. The largest absolute Gasteiger partial charge is 0.480 e. The van der Waals surface area contributed by atoms with Gasteiger partial charge in [-0.1, -0.05) is 48.0 Å². The van der Waals surface area contributed by atoms with Gasteiger partial charge >= 0.3 is 12.2 Å². The summed E-state index contributed by atoms with van der Waals surface area (Å²) in [5.74, 6) is 0.0980. The van der Waals surface area contributed by atoms with Crippen LogP contribution in [0.5, 0.6) is 5.88 Å². The molecule has 2 atom stereocenters. The van der Waals surface area contributed by atoms with Gasteiger partial charge in [-0.15, -0.1) is 0 Å². The molecule has 0 spiro atoms. The number of hydrogen-bond acceptors (Lipinski definition) is 10. The highest BCUT2D eigenvalue weighted by Gasteiger charge is 2.31. The van der Waals surface area contributed by atoms with Gasteiger partial charge in [0.2, 0.25) is 17.7 Å².